The van der Waals surface area contributed by atoms with Gasteiger partial charge in [0.05, 0.1) is 36.9 Å². The molecule has 0 aromatic heterocycles. The second-order valence-electron chi connectivity index (χ2n) is 8.57. The van der Waals surface area contributed by atoms with Crippen molar-refractivity contribution >= 4 is 24.0 Å². The molecule has 7 nitrogen and oxygen atoms in total. The van der Waals surface area contributed by atoms with Crippen molar-refractivity contribution in [3.63, 3.8) is 0 Å². The highest BCUT2D eigenvalue weighted by atomic mass is 16.5. The molecule has 196 valence electrons. The molecule has 1 aromatic carbocycles. The molecule has 2 rings (SSSR count). The SMILES string of the molecule is CCCCCOC(=O)/C(=C/c1ccccc1C1C(C(=O)OCC)=C(C)NC(C)=C1C(=O)OCC)CC. The number of unbranched alkanes of at least 4 members (excludes halogenated alkanes) is 2. The van der Waals surface area contributed by atoms with Crippen LogP contribution in [0.25, 0.3) is 6.08 Å². The number of esters is 3. The van der Waals surface area contributed by atoms with Crippen LogP contribution in [-0.2, 0) is 28.6 Å². The lowest BCUT2D eigenvalue weighted by Gasteiger charge is -2.31. The summed E-state index contributed by atoms with van der Waals surface area (Å²) in [5.74, 6) is -2.10. The Labute approximate surface area is 214 Å². The van der Waals surface area contributed by atoms with E-state index in [9.17, 15) is 14.4 Å². The molecule has 0 fully saturated rings. The van der Waals surface area contributed by atoms with E-state index in [1.54, 1.807) is 33.8 Å². The first-order valence-corrected chi connectivity index (χ1v) is 12.8. The fourth-order valence-corrected chi connectivity index (χ4v) is 4.27. The van der Waals surface area contributed by atoms with Crippen molar-refractivity contribution in [2.75, 3.05) is 19.8 Å². The van der Waals surface area contributed by atoms with Gasteiger partial charge in [0.25, 0.3) is 0 Å². The van der Waals surface area contributed by atoms with Crippen LogP contribution in [0.5, 0.6) is 0 Å². The van der Waals surface area contributed by atoms with E-state index in [1.165, 1.54) is 0 Å². The van der Waals surface area contributed by atoms with Gasteiger partial charge in [0.15, 0.2) is 0 Å². The van der Waals surface area contributed by atoms with Gasteiger partial charge in [0.1, 0.15) is 0 Å². The zero-order chi connectivity index (χ0) is 26.7. The number of rotatable bonds is 12. The predicted octanol–water partition coefficient (Wildman–Crippen LogP) is 5.57. The van der Waals surface area contributed by atoms with E-state index >= 15 is 0 Å². The fraction of sp³-hybridized carbons (Fsp3) is 0.483. The molecule has 0 aliphatic carbocycles. The summed E-state index contributed by atoms with van der Waals surface area (Å²) in [7, 11) is 0. The van der Waals surface area contributed by atoms with Crippen LogP contribution in [0.2, 0.25) is 0 Å². The average Bonchev–Trinajstić information content (AvgIpc) is 2.85. The summed E-state index contributed by atoms with van der Waals surface area (Å²) in [5.41, 5.74) is 3.83. The maximum absolute atomic E-state index is 13.1. The van der Waals surface area contributed by atoms with E-state index in [-0.39, 0.29) is 19.2 Å². The molecular formula is C29H39NO6. The van der Waals surface area contributed by atoms with Crippen LogP contribution >= 0.6 is 0 Å². The predicted molar refractivity (Wildman–Crippen MR) is 140 cm³/mol. The highest BCUT2D eigenvalue weighted by Gasteiger charge is 2.38. The third-order valence-corrected chi connectivity index (χ3v) is 6.01. The second kappa shape index (κ2) is 14.3. The minimum Gasteiger partial charge on any atom is -0.463 e. The number of dihydropyridines is 1. The van der Waals surface area contributed by atoms with E-state index in [1.807, 2.05) is 31.2 Å². The first-order chi connectivity index (χ1) is 17.3. The minimum atomic E-state index is -0.726. The zero-order valence-electron chi connectivity index (χ0n) is 22.4. The molecule has 0 bridgehead atoms. The molecule has 0 saturated heterocycles. The van der Waals surface area contributed by atoms with Crippen molar-refractivity contribution in [2.45, 2.75) is 73.1 Å². The van der Waals surface area contributed by atoms with Crippen molar-refractivity contribution in [1.29, 1.82) is 0 Å². The molecule has 36 heavy (non-hydrogen) atoms. The fourth-order valence-electron chi connectivity index (χ4n) is 4.27. The smallest absolute Gasteiger partial charge is 0.336 e. The number of allylic oxidation sites excluding steroid dienone is 2. The number of hydrogen-bond donors (Lipinski definition) is 1. The summed E-state index contributed by atoms with van der Waals surface area (Å²) in [6, 6.07) is 7.44. The highest BCUT2D eigenvalue weighted by molar-refractivity contribution is 6.00. The van der Waals surface area contributed by atoms with Gasteiger partial charge in [-0.25, -0.2) is 14.4 Å². The quantitative estimate of drug-likeness (QED) is 0.175. The van der Waals surface area contributed by atoms with Crippen LogP contribution in [0.1, 0.15) is 84.3 Å². The standard InChI is InChI=1S/C29H39NO6/c1-7-11-14-17-36-27(31)21(8-2)18-22-15-12-13-16-23(22)26-24(28(32)34-9-3)19(5)30-20(6)25(26)29(33)35-10-4/h12-13,15-16,18,26,30H,7-11,14,17H2,1-6H3/b21-18+. The number of carbonyl (C=O) groups is 3. The van der Waals surface area contributed by atoms with Crippen LogP contribution in [0, 0.1) is 0 Å². The van der Waals surface area contributed by atoms with Gasteiger partial charge in [-0.15, -0.1) is 0 Å². The summed E-state index contributed by atoms with van der Waals surface area (Å²) >= 11 is 0. The molecule has 7 heteroatoms. The van der Waals surface area contributed by atoms with Gasteiger partial charge in [0.2, 0.25) is 0 Å². The van der Waals surface area contributed by atoms with Gasteiger partial charge < -0.3 is 19.5 Å². The number of benzene rings is 1. The normalized spacial score (nSPS) is 14.4. The molecule has 1 aliphatic heterocycles. The molecule has 0 saturated carbocycles. The second-order valence-corrected chi connectivity index (χ2v) is 8.57. The van der Waals surface area contributed by atoms with Crippen LogP contribution in [-0.4, -0.2) is 37.7 Å². The average molecular weight is 498 g/mol. The van der Waals surface area contributed by atoms with Gasteiger partial charge in [0, 0.05) is 17.0 Å². The Morgan fingerprint density at radius 2 is 1.44 bits per heavy atom. The summed E-state index contributed by atoms with van der Waals surface area (Å²) in [6.45, 7) is 11.8. The summed E-state index contributed by atoms with van der Waals surface area (Å²) in [5, 5.41) is 3.15. The van der Waals surface area contributed by atoms with Crippen molar-refractivity contribution in [1.82, 2.24) is 5.32 Å². The molecule has 1 heterocycles. The Hall–Kier alpha value is -3.35. The maximum atomic E-state index is 13.1. The lowest BCUT2D eigenvalue weighted by atomic mass is 9.78. The topological polar surface area (TPSA) is 90.9 Å². The number of carbonyl (C=O) groups excluding carboxylic acids is 3. The van der Waals surface area contributed by atoms with Crippen molar-refractivity contribution < 1.29 is 28.6 Å². The molecule has 0 amide bonds. The molecule has 0 unspecified atom stereocenters. The molecule has 0 atom stereocenters. The largest absolute Gasteiger partial charge is 0.463 e. The third-order valence-electron chi connectivity index (χ3n) is 6.01. The Morgan fingerprint density at radius 3 is 1.97 bits per heavy atom. The van der Waals surface area contributed by atoms with Crippen molar-refractivity contribution in [3.05, 3.63) is 63.5 Å². The maximum Gasteiger partial charge on any atom is 0.336 e. The van der Waals surface area contributed by atoms with Crippen molar-refractivity contribution in [2.24, 2.45) is 0 Å². The van der Waals surface area contributed by atoms with Crippen molar-refractivity contribution in [3.8, 4) is 0 Å². The molecule has 1 N–H and O–H groups in total. The highest BCUT2D eigenvalue weighted by Crippen LogP contribution is 2.41. The Kier molecular flexibility index (Phi) is 11.4. The molecule has 0 spiro atoms. The molecule has 0 radical (unpaired) electrons. The first kappa shape index (κ1) is 28.9. The number of nitrogens with one attached hydrogen (secondary N) is 1. The van der Waals surface area contributed by atoms with E-state index < -0.39 is 17.9 Å². The first-order valence-electron chi connectivity index (χ1n) is 12.8. The van der Waals surface area contributed by atoms with E-state index in [0.29, 0.717) is 46.7 Å². The zero-order valence-corrected chi connectivity index (χ0v) is 22.4. The molecule has 1 aromatic rings. The van der Waals surface area contributed by atoms with Gasteiger partial charge in [-0.2, -0.15) is 0 Å². The Balaban J connectivity index is 2.63. The van der Waals surface area contributed by atoms with Crippen LogP contribution < -0.4 is 5.32 Å². The van der Waals surface area contributed by atoms with E-state index in [4.69, 9.17) is 14.2 Å². The number of ether oxygens (including phenoxy) is 3. The van der Waals surface area contributed by atoms with E-state index in [2.05, 4.69) is 12.2 Å². The third kappa shape index (κ3) is 7.09. The van der Waals surface area contributed by atoms with Gasteiger partial charge in [-0.1, -0.05) is 51.0 Å². The Bertz CT molecular complexity index is 1010. The monoisotopic (exact) mass is 497 g/mol. The molecule has 1 aliphatic rings. The number of hydrogen-bond acceptors (Lipinski definition) is 7. The summed E-state index contributed by atoms with van der Waals surface area (Å²) in [4.78, 5) is 39.0. The van der Waals surface area contributed by atoms with Gasteiger partial charge >= 0.3 is 17.9 Å². The van der Waals surface area contributed by atoms with E-state index in [0.717, 1.165) is 24.8 Å². The Morgan fingerprint density at radius 1 is 0.861 bits per heavy atom. The van der Waals surface area contributed by atoms with Crippen LogP contribution in [0.4, 0.5) is 0 Å². The van der Waals surface area contributed by atoms with Gasteiger partial charge in [-0.3, -0.25) is 0 Å². The van der Waals surface area contributed by atoms with Crippen LogP contribution in [0.3, 0.4) is 0 Å². The lowest BCUT2D eigenvalue weighted by Crippen LogP contribution is -2.32. The summed E-state index contributed by atoms with van der Waals surface area (Å²) < 4.78 is 16.2. The molecular weight excluding hydrogens is 458 g/mol. The van der Waals surface area contributed by atoms with Gasteiger partial charge in [-0.05, 0) is 57.7 Å². The van der Waals surface area contributed by atoms with Crippen LogP contribution in [0.15, 0.2) is 52.4 Å². The minimum absolute atomic E-state index is 0.200. The summed E-state index contributed by atoms with van der Waals surface area (Å²) in [6.07, 6.45) is 5.14. The lowest BCUT2D eigenvalue weighted by molar-refractivity contribution is -0.140.